The molecule has 0 heterocycles. The van der Waals surface area contributed by atoms with E-state index in [1.165, 1.54) is 5.57 Å². The van der Waals surface area contributed by atoms with Crippen LogP contribution in [0.4, 0.5) is 0 Å². The van der Waals surface area contributed by atoms with Gasteiger partial charge >= 0.3 is 0 Å². The quantitative estimate of drug-likeness (QED) is 0.641. The lowest BCUT2D eigenvalue weighted by molar-refractivity contribution is -0.122. The van der Waals surface area contributed by atoms with E-state index in [0.717, 1.165) is 31.4 Å². The van der Waals surface area contributed by atoms with Crippen molar-refractivity contribution in [3.8, 4) is 0 Å². The van der Waals surface area contributed by atoms with Gasteiger partial charge in [0.05, 0.1) is 5.71 Å². The van der Waals surface area contributed by atoms with Crippen molar-refractivity contribution in [2.24, 2.45) is 11.0 Å². The molecule has 0 aromatic carbocycles. The number of hydrogen-bond acceptors (Lipinski definition) is 2. The average Bonchev–Trinajstić information content (AvgIpc) is 2.87. The smallest absolute Gasteiger partial charge is 0.243 e. The minimum Gasteiger partial charge on any atom is -0.273 e. The van der Waals surface area contributed by atoms with Crippen LogP contribution >= 0.6 is 0 Å². The third-order valence-corrected chi connectivity index (χ3v) is 2.45. The zero-order valence-electron chi connectivity index (χ0n) is 7.84. The first-order chi connectivity index (χ1) is 6.25. The second-order valence-electron chi connectivity index (χ2n) is 3.84. The second-order valence-corrected chi connectivity index (χ2v) is 3.84. The van der Waals surface area contributed by atoms with Gasteiger partial charge in [-0.3, -0.25) is 4.79 Å². The van der Waals surface area contributed by atoms with E-state index in [9.17, 15) is 4.79 Å². The van der Waals surface area contributed by atoms with Crippen molar-refractivity contribution >= 4 is 11.6 Å². The molecule has 13 heavy (non-hydrogen) atoms. The normalized spacial score (nSPS) is 24.7. The third kappa shape index (κ3) is 2.17. The molecule has 0 aromatic rings. The number of nitrogens with one attached hydrogen (secondary N) is 1. The topological polar surface area (TPSA) is 41.5 Å². The maximum atomic E-state index is 11.2. The van der Waals surface area contributed by atoms with Crippen LogP contribution in [0.5, 0.6) is 0 Å². The summed E-state index contributed by atoms with van der Waals surface area (Å²) in [5, 5.41) is 4.08. The van der Waals surface area contributed by atoms with Crippen LogP contribution < -0.4 is 5.43 Å². The van der Waals surface area contributed by atoms with Crippen molar-refractivity contribution in [1.29, 1.82) is 0 Å². The molecule has 70 valence electrons. The van der Waals surface area contributed by atoms with Gasteiger partial charge in [0.1, 0.15) is 0 Å². The van der Waals surface area contributed by atoms with E-state index >= 15 is 0 Å². The Hall–Kier alpha value is -1.12. The standard InChI is InChI=1S/C10H14N2O/c1-7-2-5-9(6-7)11-12-10(13)8-3-4-8/h6,8H,2-5H2,1H3,(H,12,13)/b11-9-. The van der Waals surface area contributed by atoms with E-state index < -0.39 is 0 Å². The van der Waals surface area contributed by atoms with Crippen LogP contribution in [0.25, 0.3) is 0 Å². The first-order valence-electron chi connectivity index (χ1n) is 4.79. The molecule has 1 N–H and O–H groups in total. The zero-order chi connectivity index (χ0) is 9.26. The molecule has 0 aliphatic heterocycles. The summed E-state index contributed by atoms with van der Waals surface area (Å²) in [6, 6.07) is 0. The number of rotatable bonds is 2. The Morgan fingerprint density at radius 2 is 2.31 bits per heavy atom. The van der Waals surface area contributed by atoms with Crippen LogP contribution in [0.1, 0.15) is 32.6 Å². The van der Waals surface area contributed by atoms with Gasteiger partial charge in [-0.1, -0.05) is 5.57 Å². The average molecular weight is 178 g/mol. The number of carbonyl (C=O) groups is 1. The number of carbonyl (C=O) groups excluding carboxylic acids is 1. The largest absolute Gasteiger partial charge is 0.273 e. The molecule has 0 bridgehead atoms. The minimum atomic E-state index is 0.0884. The monoisotopic (exact) mass is 178 g/mol. The van der Waals surface area contributed by atoms with Gasteiger partial charge in [0, 0.05) is 5.92 Å². The van der Waals surface area contributed by atoms with Gasteiger partial charge in [0.2, 0.25) is 5.91 Å². The Balaban J connectivity index is 1.86. The molecule has 2 rings (SSSR count). The number of hydrazone groups is 1. The molecule has 2 aliphatic rings. The van der Waals surface area contributed by atoms with E-state index in [2.05, 4.69) is 17.5 Å². The summed E-state index contributed by atoms with van der Waals surface area (Å²) in [5.74, 6) is 0.335. The maximum Gasteiger partial charge on any atom is 0.243 e. The summed E-state index contributed by atoms with van der Waals surface area (Å²) in [5.41, 5.74) is 4.96. The fourth-order valence-corrected chi connectivity index (χ4v) is 1.41. The molecular weight excluding hydrogens is 164 g/mol. The molecule has 3 heteroatoms. The Kier molecular flexibility index (Phi) is 2.17. The molecule has 0 saturated heterocycles. The van der Waals surface area contributed by atoms with Crippen LogP contribution in [0.2, 0.25) is 0 Å². The summed E-state index contributed by atoms with van der Waals surface area (Å²) in [4.78, 5) is 11.2. The first kappa shape index (κ1) is 8.48. The van der Waals surface area contributed by atoms with Gasteiger partial charge in [0.25, 0.3) is 0 Å². The van der Waals surface area contributed by atoms with Gasteiger partial charge in [-0.25, -0.2) is 5.43 Å². The van der Waals surface area contributed by atoms with E-state index in [4.69, 9.17) is 0 Å². The second kappa shape index (κ2) is 3.32. The predicted molar refractivity (Wildman–Crippen MR) is 51.3 cm³/mol. The molecule has 1 fully saturated rings. The highest BCUT2D eigenvalue weighted by atomic mass is 16.2. The van der Waals surface area contributed by atoms with Crippen LogP contribution in [0.3, 0.4) is 0 Å². The minimum absolute atomic E-state index is 0.0884. The first-order valence-corrected chi connectivity index (χ1v) is 4.79. The molecule has 0 aromatic heterocycles. The highest BCUT2D eigenvalue weighted by Gasteiger charge is 2.29. The lowest BCUT2D eigenvalue weighted by atomic mass is 10.3. The van der Waals surface area contributed by atoms with E-state index in [-0.39, 0.29) is 11.8 Å². The Labute approximate surface area is 77.9 Å². The van der Waals surface area contributed by atoms with Crippen LogP contribution in [0.15, 0.2) is 16.8 Å². The van der Waals surface area contributed by atoms with Crippen molar-refractivity contribution in [2.75, 3.05) is 0 Å². The molecule has 0 atom stereocenters. The van der Waals surface area contributed by atoms with Gasteiger partial charge in [-0.15, -0.1) is 0 Å². The third-order valence-electron chi connectivity index (χ3n) is 2.45. The SMILES string of the molecule is CC1=C/C(=N\NC(=O)C2CC2)CC1. The highest BCUT2D eigenvalue weighted by molar-refractivity contribution is 5.98. The lowest BCUT2D eigenvalue weighted by Crippen LogP contribution is -2.20. The van der Waals surface area contributed by atoms with Gasteiger partial charge in [0.15, 0.2) is 0 Å². The van der Waals surface area contributed by atoms with Crippen molar-refractivity contribution in [1.82, 2.24) is 5.43 Å². The fraction of sp³-hybridized carbons (Fsp3) is 0.600. The summed E-state index contributed by atoms with van der Waals surface area (Å²) >= 11 is 0. The van der Waals surface area contributed by atoms with Crippen LogP contribution in [-0.2, 0) is 4.79 Å². The van der Waals surface area contributed by atoms with Crippen molar-refractivity contribution in [2.45, 2.75) is 32.6 Å². The molecule has 0 radical (unpaired) electrons. The lowest BCUT2D eigenvalue weighted by Gasteiger charge is -1.96. The van der Waals surface area contributed by atoms with Gasteiger partial charge in [-0.2, -0.15) is 5.10 Å². The summed E-state index contributed by atoms with van der Waals surface area (Å²) in [7, 11) is 0. The molecule has 2 aliphatic carbocycles. The summed E-state index contributed by atoms with van der Waals surface area (Å²) < 4.78 is 0. The Bertz CT molecular complexity index is 287. The van der Waals surface area contributed by atoms with E-state index in [1.54, 1.807) is 0 Å². The van der Waals surface area contributed by atoms with Crippen molar-refractivity contribution in [3.05, 3.63) is 11.6 Å². The number of hydrogen-bond donors (Lipinski definition) is 1. The molecular formula is C10H14N2O. The van der Waals surface area contributed by atoms with Gasteiger partial charge in [-0.05, 0) is 38.7 Å². The van der Waals surface area contributed by atoms with Crippen molar-refractivity contribution < 1.29 is 4.79 Å². The number of nitrogens with zero attached hydrogens (tertiary/aromatic N) is 1. The van der Waals surface area contributed by atoms with Crippen LogP contribution in [-0.4, -0.2) is 11.6 Å². The number of allylic oxidation sites excluding steroid dienone is 2. The summed E-state index contributed by atoms with van der Waals surface area (Å²) in [6.07, 6.45) is 6.17. The fourth-order valence-electron chi connectivity index (χ4n) is 1.41. The van der Waals surface area contributed by atoms with Crippen molar-refractivity contribution in [3.63, 3.8) is 0 Å². The molecule has 0 spiro atoms. The Morgan fingerprint density at radius 3 is 2.85 bits per heavy atom. The van der Waals surface area contributed by atoms with E-state index in [0.29, 0.717) is 0 Å². The van der Waals surface area contributed by atoms with Gasteiger partial charge < -0.3 is 0 Å². The molecule has 3 nitrogen and oxygen atoms in total. The zero-order valence-corrected chi connectivity index (χ0v) is 7.84. The Morgan fingerprint density at radius 1 is 1.54 bits per heavy atom. The summed E-state index contributed by atoms with van der Waals surface area (Å²) in [6.45, 7) is 2.09. The predicted octanol–water partition coefficient (Wildman–Crippen LogP) is 1.61. The van der Waals surface area contributed by atoms with E-state index in [1.807, 2.05) is 6.08 Å². The molecule has 1 amide bonds. The number of amides is 1. The van der Waals surface area contributed by atoms with Crippen LogP contribution in [0, 0.1) is 5.92 Å². The maximum absolute atomic E-state index is 11.2. The highest BCUT2D eigenvalue weighted by Crippen LogP contribution is 2.28. The molecule has 0 unspecified atom stereocenters. The molecule has 1 saturated carbocycles.